The molecule has 0 radical (unpaired) electrons. The normalized spacial score (nSPS) is 14.8. The molecule has 1 saturated heterocycles. The molecule has 1 aliphatic heterocycles. The van der Waals surface area contributed by atoms with Gasteiger partial charge in [0.1, 0.15) is 17.5 Å². The molecule has 3 aromatic rings. The van der Waals surface area contributed by atoms with E-state index in [0.29, 0.717) is 18.8 Å². The zero-order valence-electron chi connectivity index (χ0n) is 16.7. The number of anilines is 1. The Kier molecular flexibility index (Phi) is 5.59. The first-order chi connectivity index (χ1) is 14.9. The van der Waals surface area contributed by atoms with Crippen LogP contribution in [0.2, 0.25) is 0 Å². The van der Waals surface area contributed by atoms with Crippen LogP contribution in [0.25, 0.3) is 5.69 Å². The number of nitriles is 1. The Bertz CT molecular complexity index is 1250. The van der Waals surface area contributed by atoms with Crippen LogP contribution in [0.1, 0.15) is 40.9 Å². The summed E-state index contributed by atoms with van der Waals surface area (Å²) in [7, 11) is -3.59. The molecule has 2 aromatic carbocycles. The van der Waals surface area contributed by atoms with E-state index < -0.39 is 15.8 Å². The van der Waals surface area contributed by atoms with Crippen LogP contribution in [0.15, 0.2) is 59.5 Å². The average molecular weight is 436 g/mol. The van der Waals surface area contributed by atoms with Crippen molar-refractivity contribution in [2.24, 2.45) is 0 Å². The predicted octanol–water partition coefficient (Wildman–Crippen LogP) is 2.73. The quantitative estimate of drug-likeness (QED) is 0.615. The molecule has 158 valence electrons. The first kappa shape index (κ1) is 20.8. The van der Waals surface area contributed by atoms with Crippen LogP contribution in [0.5, 0.6) is 0 Å². The van der Waals surface area contributed by atoms with Crippen molar-refractivity contribution in [1.82, 2.24) is 14.1 Å². The summed E-state index contributed by atoms with van der Waals surface area (Å²) in [6.07, 6.45) is 2.72. The maximum absolute atomic E-state index is 13.0. The molecule has 31 heavy (non-hydrogen) atoms. The lowest BCUT2D eigenvalue weighted by Gasteiger charge is -2.25. The first-order valence-electron chi connectivity index (χ1n) is 9.92. The van der Waals surface area contributed by atoms with E-state index in [9.17, 15) is 18.5 Å². The number of hydrogen-bond acceptors (Lipinski definition) is 6. The number of para-hydroxylation sites is 1. The molecule has 1 aliphatic rings. The van der Waals surface area contributed by atoms with Crippen molar-refractivity contribution in [3.8, 4) is 11.8 Å². The summed E-state index contributed by atoms with van der Waals surface area (Å²) in [6, 6.07) is 16.6. The van der Waals surface area contributed by atoms with Crippen LogP contribution >= 0.6 is 0 Å². The molecule has 9 heteroatoms. The Morgan fingerprint density at radius 2 is 1.65 bits per heavy atom. The number of nitrogen functional groups attached to an aromatic ring is 1. The second kappa shape index (κ2) is 8.34. The van der Waals surface area contributed by atoms with Gasteiger partial charge in [0.2, 0.25) is 15.8 Å². The number of carbonyl (C=O) groups is 1. The molecular formula is C22H21N5O3S. The van der Waals surface area contributed by atoms with E-state index in [1.54, 1.807) is 24.3 Å². The van der Waals surface area contributed by atoms with Gasteiger partial charge < -0.3 is 5.73 Å². The lowest BCUT2D eigenvalue weighted by Crippen LogP contribution is -2.35. The van der Waals surface area contributed by atoms with Gasteiger partial charge >= 0.3 is 0 Å². The second-order valence-corrected chi connectivity index (χ2v) is 9.22. The van der Waals surface area contributed by atoms with Crippen molar-refractivity contribution in [1.29, 1.82) is 5.26 Å². The SMILES string of the molecule is N#Cc1c(C(=O)c2ccc(S(=O)(=O)N3CCCCC3)cc2)nn(-c2ccccc2)c1N. The zero-order chi connectivity index (χ0) is 22.0. The average Bonchev–Trinajstić information content (AvgIpc) is 3.16. The molecule has 0 amide bonds. The van der Waals surface area contributed by atoms with Gasteiger partial charge in [0, 0.05) is 18.7 Å². The Balaban J connectivity index is 1.66. The van der Waals surface area contributed by atoms with Crippen LogP contribution in [0.4, 0.5) is 5.82 Å². The van der Waals surface area contributed by atoms with Gasteiger partial charge in [-0.15, -0.1) is 0 Å². The highest BCUT2D eigenvalue weighted by Gasteiger charge is 2.27. The molecule has 0 spiro atoms. The molecule has 0 bridgehead atoms. The number of rotatable bonds is 5. The van der Waals surface area contributed by atoms with Crippen molar-refractivity contribution in [2.75, 3.05) is 18.8 Å². The maximum Gasteiger partial charge on any atom is 0.243 e. The Morgan fingerprint density at radius 3 is 2.26 bits per heavy atom. The van der Waals surface area contributed by atoms with E-state index >= 15 is 0 Å². The summed E-state index contributed by atoms with van der Waals surface area (Å²) >= 11 is 0. The molecule has 2 N–H and O–H groups in total. The van der Waals surface area contributed by atoms with E-state index in [0.717, 1.165) is 19.3 Å². The molecule has 0 aliphatic carbocycles. The van der Waals surface area contributed by atoms with Crippen molar-refractivity contribution in [3.05, 3.63) is 71.4 Å². The van der Waals surface area contributed by atoms with Gasteiger partial charge in [0.15, 0.2) is 5.69 Å². The van der Waals surface area contributed by atoms with E-state index in [2.05, 4.69) is 5.10 Å². The molecule has 0 atom stereocenters. The third-order valence-corrected chi connectivity index (χ3v) is 7.23. The van der Waals surface area contributed by atoms with Crippen LogP contribution in [0, 0.1) is 11.3 Å². The van der Waals surface area contributed by atoms with Gasteiger partial charge in [-0.05, 0) is 49.2 Å². The Labute approximate surface area is 180 Å². The van der Waals surface area contributed by atoms with Crippen LogP contribution in [-0.2, 0) is 10.0 Å². The lowest BCUT2D eigenvalue weighted by molar-refractivity contribution is 0.103. The van der Waals surface area contributed by atoms with Crippen LogP contribution < -0.4 is 5.73 Å². The summed E-state index contributed by atoms with van der Waals surface area (Å²) in [5, 5.41) is 13.8. The number of nitrogens with two attached hydrogens (primary N) is 1. The van der Waals surface area contributed by atoms with Crippen LogP contribution in [0.3, 0.4) is 0 Å². The van der Waals surface area contributed by atoms with Crippen molar-refractivity contribution < 1.29 is 13.2 Å². The summed E-state index contributed by atoms with van der Waals surface area (Å²) in [4.78, 5) is 13.2. The highest BCUT2D eigenvalue weighted by Crippen LogP contribution is 2.25. The molecule has 2 heterocycles. The van der Waals surface area contributed by atoms with E-state index in [-0.39, 0.29) is 27.5 Å². The van der Waals surface area contributed by atoms with Gasteiger partial charge in [-0.3, -0.25) is 4.79 Å². The van der Waals surface area contributed by atoms with Crippen LogP contribution in [-0.4, -0.2) is 41.4 Å². The highest BCUT2D eigenvalue weighted by molar-refractivity contribution is 7.89. The monoisotopic (exact) mass is 435 g/mol. The number of sulfonamides is 1. The topological polar surface area (TPSA) is 122 Å². The number of aromatic nitrogens is 2. The predicted molar refractivity (Wildman–Crippen MR) is 115 cm³/mol. The minimum absolute atomic E-state index is 0.0149. The zero-order valence-corrected chi connectivity index (χ0v) is 17.5. The molecule has 0 saturated carbocycles. The number of hydrogen-bond donors (Lipinski definition) is 1. The minimum atomic E-state index is -3.59. The fourth-order valence-corrected chi connectivity index (χ4v) is 5.15. The molecule has 0 unspecified atom stereocenters. The number of carbonyl (C=O) groups excluding carboxylic acids is 1. The second-order valence-electron chi connectivity index (χ2n) is 7.29. The number of piperidine rings is 1. The van der Waals surface area contributed by atoms with Gasteiger partial charge in [-0.1, -0.05) is 24.6 Å². The van der Waals surface area contributed by atoms with Gasteiger partial charge in [0.05, 0.1) is 10.6 Å². The molecular weight excluding hydrogens is 414 g/mol. The summed E-state index contributed by atoms with van der Waals surface area (Å²) in [5.41, 5.74) is 6.83. The summed E-state index contributed by atoms with van der Waals surface area (Å²) in [5.74, 6) is -0.429. The fraction of sp³-hybridized carbons (Fsp3) is 0.227. The summed E-state index contributed by atoms with van der Waals surface area (Å²) < 4.78 is 28.4. The number of ketones is 1. The van der Waals surface area contributed by atoms with Gasteiger partial charge in [-0.2, -0.15) is 14.7 Å². The Hall–Kier alpha value is -3.48. The lowest BCUT2D eigenvalue weighted by atomic mass is 10.1. The maximum atomic E-state index is 13.0. The van der Waals surface area contributed by atoms with Gasteiger partial charge in [0.25, 0.3) is 0 Å². The van der Waals surface area contributed by atoms with E-state index in [4.69, 9.17) is 5.73 Å². The highest BCUT2D eigenvalue weighted by atomic mass is 32.2. The van der Waals surface area contributed by atoms with Crippen molar-refractivity contribution in [2.45, 2.75) is 24.2 Å². The standard InChI is InChI=1S/C22H21N5O3S/c23-15-19-20(25-27(22(19)24)17-7-3-1-4-8-17)21(28)16-9-11-18(12-10-16)31(29,30)26-13-5-2-6-14-26/h1,3-4,7-12H,2,5-6,13-14,24H2. The van der Waals surface area contributed by atoms with Crippen molar-refractivity contribution >= 4 is 21.6 Å². The number of benzene rings is 2. The molecule has 1 fully saturated rings. The molecule has 4 rings (SSSR count). The molecule has 1 aromatic heterocycles. The fourth-order valence-electron chi connectivity index (χ4n) is 3.64. The largest absolute Gasteiger partial charge is 0.382 e. The van der Waals surface area contributed by atoms with E-state index in [1.807, 2.05) is 12.1 Å². The molecule has 8 nitrogen and oxygen atoms in total. The Morgan fingerprint density at radius 1 is 1.00 bits per heavy atom. The summed E-state index contributed by atoms with van der Waals surface area (Å²) in [6.45, 7) is 1.01. The van der Waals surface area contributed by atoms with Gasteiger partial charge in [-0.25, -0.2) is 13.1 Å². The third kappa shape index (κ3) is 3.83. The third-order valence-electron chi connectivity index (χ3n) is 5.32. The van der Waals surface area contributed by atoms with Crippen molar-refractivity contribution in [3.63, 3.8) is 0 Å². The van der Waals surface area contributed by atoms with E-state index in [1.165, 1.54) is 33.3 Å². The first-order valence-corrected chi connectivity index (χ1v) is 11.4. The minimum Gasteiger partial charge on any atom is -0.382 e. The smallest absolute Gasteiger partial charge is 0.243 e. The number of nitrogens with zero attached hydrogens (tertiary/aromatic N) is 4.